The van der Waals surface area contributed by atoms with Crippen molar-refractivity contribution in [2.45, 2.75) is 44.4 Å². The number of hydrogen-bond acceptors (Lipinski definition) is 4. The lowest BCUT2D eigenvalue weighted by Gasteiger charge is -2.42. The fraction of sp³-hybridized carbons (Fsp3) is 1.00. The van der Waals surface area contributed by atoms with E-state index in [0.717, 1.165) is 19.0 Å². The van der Waals surface area contributed by atoms with Gasteiger partial charge in [-0.1, -0.05) is 0 Å². The lowest BCUT2D eigenvalue weighted by Crippen LogP contribution is -2.55. The molecule has 0 saturated carbocycles. The van der Waals surface area contributed by atoms with Crippen molar-refractivity contribution in [3.05, 3.63) is 0 Å². The molecule has 0 aliphatic carbocycles. The summed E-state index contributed by atoms with van der Waals surface area (Å²) in [5, 5.41) is 9.50. The molecule has 2 aliphatic heterocycles. The van der Waals surface area contributed by atoms with Gasteiger partial charge in [0.2, 0.25) is 0 Å². The highest BCUT2D eigenvalue weighted by Gasteiger charge is 2.33. The first-order chi connectivity index (χ1) is 7.70. The summed E-state index contributed by atoms with van der Waals surface area (Å²) in [7, 11) is 0. The number of nitrogens with two attached hydrogens (primary N) is 1. The number of fused-ring (bicyclic) bond motifs is 1. The van der Waals surface area contributed by atoms with Crippen LogP contribution in [0.4, 0.5) is 0 Å². The third-order valence-corrected chi connectivity index (χ3v) is 4.09. The van der Waals surface area contributed by atoms with Gasteiger partial charge in [-0.2, -0.15) is 0 Å². The standard InChI is InChI=1S/C12H25N3O/c1-10-8-15-5-2-3-11(15)9-14(10)6-4-12(16)7-13/h10-12,16H,2-9,13H2,1H3. The van der Waals surface area contributed by atoms with Gasteiger partial charge in [0, 0.05) is 38.3 Å². The van der Waals surface area contributed by atoms with Crippen LogP contribution in [0.15, 0.2) is 0 Å². The van der Waals surface area contributed by atoms with Gasteiger partial charge >= 0.3 is 0 Å². The number of aliphatic hydroxyl groups is 1. The van der Waals surface area contributed by atoms with Crippen LogP contribution in [-0.4, -0.2) is 65.8 Å². The number of rotatable bonds is 4. The monoisotopic (exact) mass is 227 g/mol. The molecular weight excluding hydrogens is 202 g/mol. The second kappa shape index (κ2) is 5.45. The number of aliphatic hydroxyl groups excluding tert-OH is 1. The van der Waals surface area contributed by atoms with E-state index < -0.39 is 0 Å². The Bertz CT molecular complexity index is 224. The minimum absolute atomic E-state index is 0.325. The maximum atomic E-state index is 9.50. The summed E-state index contributed by atoms with van der Waals surface area (Å²) in [4.78, 5) is 5.14. The van der Waals surface area contributed by atoms with Gasteiger partial charge in [-0.25, -0.2) is 0 Å². The molecule has 0 aromatic heterocycles. The molecule has 4 heteroatoms. The van der Waals surface area contributed by atoms with E-state index in [1.807, 2.05) is 0 Å². The van der Waals surface area contributed by atoms with Crippen molar-refractivity contribution in [1.82, 2.24) is 9.80 Å². The van der Waals surface area contributed by atoms with Crippen LogP contribution in [0.25, 0.3) is 0 Å². The second-order valence-corrected chi connectivity index (χ2v) is 5.31. The first kappa shape index (κ1) is 12.3. The summed E-state index contributed by atoms with van der Waals surface area (Å²) in [6.07, 6.45) is 3.20. The Hall–Kier alpha value is -0.160. The SMILES string of the molecule is CC1CN2CCCC2CN1CCC(O)CN. The molecule has 3 N–H and O–H groups in total. The summed E-state index contributed by atoms with van der Waals surface area (Å²) in [6.45, 7) is 7.33. The fourth-order valence-electron chi connectivity index (χ4n) is 2.99. The topological polar surface area (TPSA) is 52.7 Å². The first-order valence-corrected chi connectivity index (χ1v) is 6.57. The molecule has 0 bridgehead atoms. The summed E-state index contributed by atoms with van der Waals surface area (Å²) >= 11 is 0. The second-order valence-electron chi connectivity index (χ2n) is 5.31. The quantitative estimate of drug-likeness (QED) is 0.702. The van der Waals surface area contributed by atoms with Gasteiger partial charge in [0.25, 0.3) is 0 Å². The highest BCUT2D eigenvalue weighted by atomic mass is 16.3. The van der Waals surface area contributed by atoms with Gasteiger partial charge in [0.1, 0.15) is 0 Å². The Labute approximate surface area is 98.4 Å². The summed E-state index contributed by atoms with van der Waals surface area (Å²) in [6, 6.07) is 1.39. The van der Waals surface area contributed by atoms with E-state index in [-0.39, 0.29) is 6.10 Å². The van der Waals surface area contributed by atoms with E-state index in [2.05, 4.69) is 16.7 Å². The molecule has 0 radical (unpaired) electrons. The molecule has 2 fully saturated rings. The van der Waals surface area contributed by atoms with Crippen molar-refractivity contribution in [1.29, 1.82) is 0 Å². The van der Waals surface area contributed by atoms with Crippen molar-refractivity contribution in [2.24, 2.45) is 5.73 Å². The third kappa shape index (κ3) is 2.74. The minimum atomic E-state index is -0.325. The zero-order chi connectivity index (χ0) is 11.5. The average molecular weight is 227 g/mol. The summed E-state index contributed by atoms with van der Waals surface area (Å²) < 4.78 is 0. The van der Waals surface area contributed by atoms with Crippen LogP contribution in [0.1, 0.15) is 26.2 Å². The lowest BCUT2D eigenvalue weighted by molar-refractivity contribution is 0.0471. The molecule has 2 heterocycles. The first-order valence-electron chi connectivity index (χ1n) is 6.57. The molecular formula is C12H25N3O. The van der Waals surface area contributed by atoms with Crippen LogP contribution in [0, 0.1) is 0 Å². The van der Waals surface area contributed by atoms with Gasteiger partial charge in [-0.05, 0) is 32.7 Å². The molecule has 0 aromatic rings. The smallest absolute Gasteiger partial charge is 0.0674 e. The maximum Gasteiger partial charge on any atom is 0.0674 e. The molecule has 16 heavy (non-hydrogen) atoms. The Morgan fingerprint density at radius 2 is 2.25 bits per heavy atom. The normalized spacial score (nSPS) is 33.9. The lowest BCUT2D eigenvalue weighted by atomic mass is 10.1. The molecule has 2 rings (SSSR count). The van der Waals surface area contributed by atoms with E-state index >= 15 is 0 Å². The highest BCUT2D eigenvalue weighted by Crippen LogP contribution is 2.24. The van der Waals surface area contributed by atoms with E-state index in [9.17, 15) is 5.11 Å². The van der Waals surface area contributed by atoms with Crippen LogP contribution in [0.2, 0.25) is 0 Å². The van der Waals surface area contributed by atoms with Gasteiger partial charge < -0.3 is 10.8 Å². The molecule has 0 aromatic carbocycles. The molecule has 2 saturated heterocycles. The van der Waals surface area contributed by atoms with Crippen molar-refractivity contribution in [3.8, 4) is 0 Å². The van der Waals surface area contributed by atoms with Crippen LogP contribution in [0.3, 0.4) is 0 Å². The summed E-state index contributed by atoms with van der Waals surface area (Å²) in [5.74, 6) is 0. The van der Waals surface area contributed by atoms with Crippen LogP contribution in [0.5, 0.6) is 0 Å². The molecule has 0 spiro atoms. The third-order valence-electron chi connectivity index (χ3n) is 4.09. The van der Waals surface area contributed by atoms with Crippen LogP contribution in [-0.2, 0) is 0 Å². The van der Waals surface area contributed by atoms with Crippen LogP contribution < -0.4 is 5.73 Å². The number of nitrogens with zero attached hydrogens (tertiary/aromatic N) is 2. The Balaban J connectivity index is 1.80. The van der Waals surface area contributed by atoms with E-state index in [1.54, 1.807) is 0 Å². The number of hydrogen-bond donors (Lipinski definition) is 2. The average Bonchev–Trinajstić information content (AvgIpc) is 2.72. The highest BCUT2D eigenvalue weighted by molar-refractivity contribution is 4.90. The van der Waals surface area contributed by atoms with Crippen molar-refractivity contribution < 1.29 is 5.11 Å². The van der Waals surface area contributed by atoms with Crippen molar-refractivity contribution in [2.75, 3.05) is 32.7 Å². The zero-order valence-electron chi connectivity index (χ0n) is 10.3. The van der Waals surface area contributed by atoms with Crippen LogP contribution >= 0.6 is 0 Å². The molecule has 2 aliphatic rings. The van der Waals surface area contributed by atoms with Gasteiger partial charge in [-0.3, -0.25) is 9.80 Å². The molecule has 94 valence electrons. The minimum Gasteiger partial charge on any atom is -0.392 e. The fourth-order valence-corrected chi connectivity index (χ4v) is 2.99. The van der Waals surface area contributed by atoms with E-state index in [4.69, 9.17) is 5.73 Å². The number of piperazine rings is 1. The Kier molecular flexibility index (Phi) is 4.19. The molecule has 0 amide bonds. The molecule has 3 unspecified atom stereocenters. The van der Waals surface area contributed by atoms with E-state index in [1.165, 1.54) is 32.5 Å². The summed E-state index contributed by atoms with van der Waals surface area (Å²) in [5.41, 5.74) is 5.43. The zero-order valence-corrected chi connectivity index (χ0v) is 10.3. The van der Waals surface area contributed by atoms with Crippen molar-refractivity contribution in [3.63, 3.8) is 0 Å². The molecule has 3 atom stereocenters. The largest absolute Gasteiger partial charge is 0.392 e. The Morgan fingerprint density at radius 3 is 3.00 bits per heavy atom. The maximum absolute atomic E-state index is 9.50. The van der Waals surface area contributed by atoms with Gasteiger partial charge in [0.15, 0.2) is 0 Å². The molecule has 4 nitrogen and oxygen atoms in total. The van der Waals surface area contributed by atoms with Gasteiger partial charge in [-0.15, -0.1) is 0 Å². The predicted molar refractivity (Wildman–Crippen MR) is 65.3 cm³/mol. The van der Waals surface area contributed by atoms with E-state index in [0.29, 0.717) is 12.6 Å². The predicted octanol–water partition coefficient (Wildman–Crippen LogP) is -0.135. The van der Waals surface area contributed by atoms with Gasteiger partial charge in [0.05, 0.1) is 6.10 Å². The van der Waals surface area contributed by atoms with Crippen molar-refractivity contribution >= 4 is 0 Å². The Morgan fingerprint density at radius 1 is 1.44 bits per heavy atom.